The average Bonchev–Trinajstić information content (AvgIpc) is 2.22. The van der Waals surface area contributed by atoms with Gasteiger partial charge in [0.05, 0.1) is 6.26 Å². The summed E-state index contributed by atoms with van der Waals surface area (Å²) < 4.78 is 24.5. The number of nitrogens with one attached hydrogen (secondary N) is 2. The molecule has 0 radical (unpaired) electrons. The molecule has 0 aromatic carbocycles. The number of rotatable bonds is 6. The van der Waals surface area contributed by atoms with Crippen LogP contribution in [-0.4, -0.2) is 33.8 Å². The summed E-state index contributed by atoms with van der Waals surface area (Å²) in [6.07, 6.45) is 5.02. The Morgan fingerprint density at radius 3 is 2.44 bits per heavy atom. The van der Waals surface area contributed by atoms with Crippen molar-refractivity contribution in [2.45, 2.75) is 46.1 Å². The molecule has 108 valence electrons. The van der Waals surface area contributed by atoms with Gasteiger partial charge in [-0.3, -0.25) is 0 Å². The minimum atomic E-state index is -3.06. The first kappa shape index (κ1) is 15.9. The van der Waals surface area contributed by atoms with E-state index in [1.54, 1.807) is 0 Å². The molecule has 0 bridgehead atoms. The summed E-state index contributed by atoms with van der Waals surface area (Å²) in [6, 6.07) is 0.537. The summed E-state index contributed by atoms with van der Waals surface area (Å²) in [7, 11) is -3.06. The fraction of sp³-hybridized carbons (Fsp3) is 1.00. The molecule has 0 saturated heterocycles. The van der Waals surface area contributed by atoms with Gasteiger partial charge in [-0.15, -0.1) is 0 Å². The van der Waals surface area contributed by atoms with Crippen LogP contribution in [0.4, 0.5) is 0 Å². The molecule has 0 aliphatic heterocycles. The average molecular weight is 276 g/mol. The van der Waals surface area contributed by atoms with Crippen molar-refractivity contribution in [1.29, 1.82) is 0 Å². The van der Waals surface area contributed by atoms with E-state index in [-0.39, 0.29) is 0 Å². The van der Waals surface area contributed by atoms with Gasteiger partial charge in [0.15, 0.2) is 0 Å². The van der Waals surface area contributed by atoms with Crippen molar-refractivity contribution in [2.24, 2.45) is 17.8 Å². The lowest BCUT2D eigenvalue weighted by Gasteiger charge is -2.38. The van der Waals surface area contributed by atoms with Crippen molar-refractivity contribution < 1.29 is 8.42 Å². The molecule has 0 aromatic rings. The Balaban J connectivity index is 2.37. The number of sulfonamides is 1. The minimum Gasteiger partial charge on any atom is -0.312 e. The van der Waals surface area contributed by atoms with Gasteiger partial charge in [0.25, 0.3) is 0 Å². The van der Waals surface area contributed by atoms with Crippen LogP contribution >= 0.6 is 0 Å². The third kappa shape index (κ3) is 5.67. The van der Waals surface area contributed by atoms with Crippen LogP contribution in [0.2, 0.25) is 0 Å². The molecule has 1 fully saturated rings. The summed E-state index contributed by atoms with van der Waals surface area (Å²) >= 11 is 0. The molecule has 3 atom stereocenters. The van der Waals surface area contributed by atoms with Gasteiger partial charge >= 0.3 is 0 Å². The predicted octanol–water partition coefficient (Wildman–Crippen LogP) is 1.59. The molecule has 5 heteroatoms. The molecule has 0 spiro atoms. The molecular weight excluding hydrogens is 248 g/mol. The first-order valence-electron chi connectivity index (χ1n) is 6.97. The summed E-state index contributed by atoms with van der Waals surface area (Å²) in [4.78, 5) is 0. The van der Waals surface area contributed by atoms with E-state index in [1.807, 2.05) is 0 Å². The van der Waals surface area contributed by atoms with E-state index >= 15 is 0 Å². The van der Waals surface area contributed by atoms with Gasteiger partial charge in [0.2, 0.25) is 10.0 Å². The van der Waals surface area contributed by atoms with Crippen molar-refractivity contribution in [3.63, 3.8) is 0 Å². The van der Waals surface area contributed by atoms with Crippen LogP contribution in [0.1, 0.15) is 40.0 Å². The van der Waals surface area contributed by atoms with E-state index < -0.39 is 10.0 Å². The van der Waals surface area contributed by atoms with Gasteiger partial charge in [-0.1, -0.05) is 27.2 Å². The topological polar surface area (TPSA) is 58.2 Å². The zero-order valence-corrected chi connectivity index (χ0v) is 12.9. The third-order valence-electron chi connectivity index (χ3n) is 3.92. The van der Waals surface area contributed by atoms with Gasteiger partial charge < -0.3 is 5.32 Å². The Morgan fingerprint density at radius 2 is 1.89 bits per heavy atom. The lowest BCUT2D eigenvalue weighted by Crippen LogP contribution is -2.45. The van der Waals surface area contributed by atoms with Crippen molar-refractivity contribution in [1.82, 2.24) is 10.0 Å². The second-order valence-corrected chi connectivity index (χ2v) is 7.89. The molecule has 18 heavy (non-hydrogen) atoms. The van der Waals surface area contributed by atoms with Gasteiger partial charge in [0.1, 0.15) is 0 Å². The zero-order valence-electron chi connectivity index (χ0n) is 12.1. The molecule has 0 aromatic heterocycles. The highest BCUT2D eigenvalue weighted by Gasteiger charge is 2.29. The van der Waals surface area contributed by atoms with Crippen molar-refractivity contribution in [3.8, 4) is 0 Å². The first-order chi connectivity index (χ1) is 8.29. The minimum absolute atomic E-state index is 0.481. The second kappa shape index (κ2) is 6.87. The lowest BCUT2D eigenvalue weighted by molar-refractivity contribution is 0.171. The molecular formula is C13H28N2O2S. The summed E-state index contributed by atoms with van der Waals surface area (Å²) in [5, 5.41) is 3.53. The Bertz CT molecular complexity index is 341. The maximum absolute atomic E-state index is 11.0. The molecule has 2 N–H and O–H groups in total. The Morgan fingerprint density at radius 1 is 1.22 bits per heavy atom. The second-order valence-electron chi connectivity index (χ2n) is 6.05. The Labute approximate surface area is 112 Å². The van der Waals surface area contributed by atoms with Gasteiger partial charge in [0, 0.05) is 19.1 Å². The van der Waals surface area contributed by atoms with E-state index in [4.69, 9.17) is 0 Å². The van der Waals surface area contributed by atoms with E-state index in [0.29, 0.717) is 25.0 Å². The van der Waals surface area contributed by atoms with E-state index in [9.17, 15) is 8.42 Å². The van der Waals surface area contributed by atoms with Crippen LogP contribution in [0, 0.1) is 17.8 Å². The third-order valence-corrected chi connectivity index (χ3v) is 4.65. The SMILES string of the molecule is CC1CCC(C(C)C)C(NCCNS(C)(=O)=O)C1. The van der Waals surface area contributed by atoms with Crippen molar-refractivity contribution in [2.75, 3.05) is 19.3 Å². The molecule has 0 amide bonds. The lowest BCUT2D eigenvalue weighted by atomic mass is 9.74. The van der Waals surface area contributed by atoms with E-state index in [2.05, 4.69) is 30.8 Å². The molecule has 1 rings (SSSR count). The standard InChI is InChI=1S/C13H28N2O2S/c1-10(2)12-6-5-11(3)9-13(12)14-7-8-15-18(4,16)17/h10-15H,5-9H2,1-4H3. The summed E-state index contributed by atoms with van der Waals surface area (Å²) in [5.41, 5.74) is 0. The normalized spacial score (nSPS) is 29.7. The highest BCUT2D eigenvalue weighted by molar-refractivity contribution is 7.88. The van der Waals surface area contributed by atoms with Crippen LogP contribution in [0.5, 0.6) is 0 Å². The van der Waals surface area contributed by atoms with Gasteiger partial charge in [-0.25, -0.2) is 13.1 Å². The summed E-state index contributed by atoms with van der Waals surface area (Å²) in [6.45, 7) is 8.07. The highest BCUT2D eigenvalue weighted by atomic mass is 32.2. The monoisotopic (exact) mass is 276 g/mol. The predicted molar refractivity (Wildman–Crippen MR) is 76.0 cm³/mol. The van der Waals surface area contributed by atoms with E-state index in [0.717, 1.165) is 11.8 Å². The van der Waals surface area contributed by atoms with Gasteiger partial charge in [-0.2, -0.15) is 0 Å². The summed E-state index contributed by atoms with van der Waals surface area (Å²) in [5.74, 6) is 2.19. The van der Waals surface area contributed by atoms with Crippen LogP contribution in [-0.2, 0) is 10.0 Å². The molecule has 3 unspecified atom stereocenters. The molecule has 4 nitrogen and oxygen atoms in total. The van der Waals surface area contributed by atoms with Crippen molar-refractivity contribution >= 4 is 10.0 Å². The van der Waals surface area contributed by atoms with Gasteiger partial charge in [-0.05, 0) is 30.6 Å². The zero-order chi connectivity index (χ0) is 13.8. The first-order valence-corrected chi connectivity index (χ1v) is 8.86. The highest BCUT2D eigenvalue weighted by Crippen LogP contribution is 2.33. The number of hydrogen-bond acceptors (Lipinski definition) is 3. The molecule has 1 aliphatic rings. The molecule has 1 saturated carbocycles. The molecule has 1 aliphatic carbocycles. The number of hydrogen-bond donors (Lipinski definition) is 2. The smallest absolute Gasteiger partial charge is 0.208 e. The molecule has 0 heterocycles. The van der Waals surface area contributed by atoms with Crippen LogP contribution in [0.15, 0.2) is 0 Å². The maximum atomic E-state index is 11.0. The van der Waals surface area contributed by atoms with Crippen LogP contribution < -0.4 is 10.0 Å². The Kier molecular flexibility index (Phi) is 6.08. The Hall–Kier alpha value is -0.130. The fourth-order valence-electron chi connectivity index (χ4n) is 2.93. The quantitative estimate of drug-likeness (QED) is 0.724. The van der Waals surface area contributed by atoms with Crippen molar-refractivity contribution in [3.05, 3.63) is 0 Å². The maximum Gasteiger partial charge on any atom is 0.208 e. The largest absolute Gasteiger partial charge is 0.312 e. The van der Waals surface area contributed by atoms with Crippen LogP contribution in [0.3, 0.4) is 0 Å². The van der Waals surface area contributed by atoms with E-state index in [1.165, 1.54) is 25.5 Å². The van der Waals surface area contributed by atoms with Crippen LogP contribution in [0.25, 0.3) is 0 Å². The fourth-order valence-corrected chi connectivity index (χ4v) is 3.40.